The van der Waals surface area contributed by atoms with E-state index in [9.17, 15) is 22.0 Å². The number of nitrogen functional groups attached to an aromatic ring is 1. The first-order valence-electron chi connectivity index (χ1n) is 5.63. The van der Waals surface area contributed by atoms with Crippen LogP contribution in [0.15, 0.2) is 4.90 Å². The number of carbonyl (C=O) groups is 1. The number of amides is 1. The van der Waals surface area contributed by atoms with Crippen LogP contribution in [0.5, 0.6) is 0 Å². The van der Waals surface area contributed by atoms with Gasteiger partial charge in [-0.05, 0) is 0 Å². The molecule has 1 aromatic rings. The highest BCUT2D eigenvalue weighted by molar-refractivity contribution is 7.91. The fourth-order valence-corrected chi connectivity index (χ4v) is 4.07. The van der Waals surface area contributed by atoms with Crippen LogP contribution < -0.4 is 16.4 Å². The van der Waals surface area contributed by atoms with Gasteiger partial charge in [0.25, 0.3) is 12.3 Å². The molecule has 0 saturated heterocycles. The Kier molecular flexibility index (Phi) is 5.28. The molecule has 0 aliphatic rings. The lowest BCUT2D eigenvalue weighted by molar-refractivity contribution is 0.0967. The van der Waals surface area contributed by atoms with E-state index in [4.69, 9.17) is 5.73 Å². The summed E-state index contributed by atoms with van der Waals surface area (Å²) in [6.45, 7) is 0.683. The third-order valence-electron chi connectivity index (χ3n) is 2.44. The second-order valence-corrected chi connectivity index (χ2v) is 6.99. The summed E-state index contributed by atoms with van der Waals surface area (Å²) in [5.41, 5.74) is 5.48. The number of nitrogens with one attached hydrogen (secondary N) is 2. The number of sulfone groups is 1. The van der Waals surface area contributed by atoms with Gasteiger partial charge in [-0.25, -0.2) is 17.2 Å². The maximum absolute atomic E-state index is 12.2. The van der Waals surface area contributed by atoms with Crippen molar-refractivity contribution in [1.29, 1.82) is 0 Å². The predicted octanol–water partition coefficient (Wildman–Crippen LogP) is 1.16. The average molecular weight is 327 g/mol. The van der Waals surface area contributed by atoms with Crippen LogP contribution in [0.3, 0.4) is 0 Å². The Morgan fingerprint density at radius 2 is 2.05 bits per heavy atom. The summed E-state index contributed by atoms with van der Waals surface area (Å²) in [6.07, 6.45) is -2.65. The maximum Gasteiger partial charge on any atom is 0.263 e. The van der Waals surface area contributed by atoms with Crippen molar-refractivity contribution in [2.24, 2.45) is 0 Å². The smallest absolute Gasteiger partial charge is 0.263 e. The number of hydrogen-bond donors (Lipinski definition) is 3. The number of anilines is 2. The molecule has 0 fully saturated rings. The van der Waals surface area contributed by atoms with Gasteiger partial charge < -0.3 is 16.4 Å². The van der Waals surface area contributed by atoms with E-state index >= 15 is 0 Å². The zero-order valence-corrected chi connectivity index (χ0v) is 12.5. The molecule has 0 bridgehead atoms. The second kappa shape index (κ2) is 6.35. The molecular weight excluding hydrogens is 312 g/mol. The monoisotopic (exact) mass is 327 g/mol. The Hall–Kier alpha value is -1.42. The van der Waals surface area contributed by atoms with Gasteiger partial charge in [0.1, 0.15) is 14.8 Å². The van der Waals surface area contributed by atoms with Gasteiger partial charge in [0, 0.05) is 7.05 Å². The molecule has 1 aromatic heterocycles. The van der Waals surface area contributed by atoms with Crippen molar-refractivity contribution >= 4 is 37.8 Å². The number of hydrogen-bond acceptors (Lipinski definition) is 6. The van der Waals surface area contributed by atoms with Crippen LogP contribution in [0, 0.1) is 0 Å². The van der Waals surface area contributed by atoms with Crippen molar-refractivity contribution < 1.29 is 22.0 Å². The van der Waals surface area contributed by atoms with Crippen LogP contribution in [-0.2, 0) is 9.84 Å². The predicted molar refractivity (Wildman–Crippen MR) is 74.3 cm³/mol. The van der Waals surface area contributed by atoms with E-state index in [0.29, 0.717) is 0 Å². The Morgan fingerprint density at radius 1 is 1.45 bits per heavy atom. The Morgan fingerprint density at radius 3 is 2.50 bits per heavy atom. The zero-order chi connectivity index (χ0) is 15.5. The highest BCUT2D eigenvalue weighted by Crippen LogP contribution is 2.39. The largest absolute Gasteiger partial charge is 0.396 e. The van der Waals surface area contributed by atoms with Crippen molar-refractivity contribution in [2.75, 3.05) is 30.4 Å². The van der Waals surface area contributed by atoms with Gasteiger partial charge >= 0.3 is 0 Å². The minimum absolute atomic E-state index is 0.0173. The molecule has 0 aliphatic heterocycles. The molecule has 0 aromatic carbocycles. The first-order valence-corrected chi connectivity index (χ1v) is 8.10. The molecule has 0 spiro atoms. The zero-order valence-electron chi connectivity index (χ0n) is 10.9. The quantitative estimate of drug-likeness (QED) is 0.728. The van der Waals surface area contributed by atoms with E-state index < -0.39 is 28.7 Å². The van der Waals surface area contributed by atoms with E-state index in [0.717, 1.165) is 11.3 Å². The number of thiophene rings is 1. The normalized spacial score (nSPS) is 11.7. The molecule has 6 nitrogen and oxygen atoms in total. The van der Waals surface area contributed by atoms with Crippen molar-refractivity contribution in [2.45, 2.75) is 18.2 Å². The van der Waals surface area contributed by atoms with Crippen LogP contribution >= 0.6 is 11.3 Å². The second-order valence-electron chi connectivity index (χ2n) is 3.76. The summed E-state index contributed by atoms with van der Waals surface area (Å²) in [7, 11) is -2.37. The van der Waals surface area contributed by atoms with Crippen molar-refractivity contribution in [3.8, 4) is 0 Å². The first-order chi connectivity index (χ1) is 9.24. The molecule has 0 radical (unpaired) electrons. The molecule has 20 heavy (non-hydrogen) atoms. The molecule has 1 rings (SSSR count). The van der Waals surface area contributed by atoms with E-state index in [-0.39, 0.29) is 26.2 Å². The lowest BCUT2D eigenvalue weighted by Crippen LogP contribution is -2.18. The Bertz CT molecular complexity index is 599. The summed E-state index contributed by atoms with van der Waals surface area (Å²) < 4.78 is 48.4. The molecule has 4 N–H and O–H groups in total. The summed E-state index contributed by atoms with van der Waals surface area (Å²) >= 11 is 0.742. The number of nitrogens with two attached hydrogens (primary N) is 1. The fourth-order valence-electron chi connectivity index (χ4n) is 1.45. The van der Waals surface area contributed by atoms with E-state index in [1.165, 1.54) is 14.0 Å². The lowest BCUT2D eigenvalue weighted by atomic mass is 10.3. The summed E-state index contributed by atoms with van der Waals surface area (Å²) in [4.78, 5) is 11.3. The van der Waals surface area contributed by atoms with Crippen LogP contribution in [0.4, 0.5) is 19.5 Å². The van der Waals surface area contributed by atoms with Crippen molar-refractivity contribution in [3.63, 3.8) is 0 Å². The van der Waals surface area contributed by atoms with Crippen LogP contribution in [0.2, 0.25) is 0 Å². The Balaban J connectivity index is 3.37. The maximum atomic E-state index is 12.2. The van der Waals surface area contributed by atoms with Gasteiger partial charge in [-0.3, -0.25) is 4.79 Å². The third-order valence-corrected chi connectivity index (χ3v) is 5.54. The van der Waals surface area contributed by atoms with Crippen molar-refractivity contribution in [3.05, 3.63) is 4.88 Å². The number of halogens is 2. The van der Waals surface area contributed by atoms with Gasteiger partial charge in [0.2, 0.25) is 0 Å². The molecular formula is C10H15F2N3O3S2. The molecule has 114 valence electrons. The van der Waals surface area contributed by atoms with Gasteiger partial charge in [-0.15, -0.1) is 11.3 Å². The molecule has 1 amide bonds. The van der Waals surface area contributed by atoms with Crippen LogP contribution in [0.25, 0.3) is 0 Å². The Labute approximate surface area is 119 Å². The topological polar surface area (TPSA) is 101 Å². The fraction of sp³-hybridized carbons (Fsp3) is 0.500. The van der Waals surface area contributed by atoms with Gasteiger partial charge in [0.15, 0.2) is 9.84 Å². The molecule has 0 unspecified atom stereocenters. The van der Waals surface area contributed by atoms with Gasteiger partial charge in [-0.1, -0.05) is 6.92 Å². The molecule has 10 heteroatoms. The molecule has 0 saturated carbocycles. The number of rotatable bonds is 6. The molecule has 0 atom stereocenters. The number of alkyl halides is 2. The number of carbonyl (C=O) groups excluding carboxylic acids is 1. The van der Waals surface area contributed by atoms with Crippen molar-refractivity contribution in [1.82, 2.24) is 5.32 Å². The summed E-state index contributed by atoms with van der Waals surface area (Å²) in [5, 5.41) is 4.60. The van der Waals surface area contributed by atoms with E-state index in [2.05, 4.69) is 10.6 Å². The van der Waals surface area contributed by atoms with Gasteiger partial charge in [-0.2, -0.15) is 0 Å². The molecule has 0 aliphatic carbocycles. The highest BCUT2D eigenvalue weighted by atomic mass is 32.2. The van der Waals surface area contributed by atoms with Crippen LogP contribution in [0.1, 0.15) is 16.6 Å². The highest BCUT2D eigenvalue weighted by Gasteiger charge is 2.28. The van der Waals surface area contributed by atoms with E-state index in [1.54, 1.807) is 0 Å². The van der Waals surface area contributed by atoms with Gasteiger partial charge in [0.05, 0.1) is 18.0 Å². The van der Waals surface area contributed by atoms with E-state index in [1.807, 2.05) is 0 Å². The third kappa shape index (κ3) is 3.37. The average Bonchev–Trinajstić information content (AvgIpc) is 2.73. The summed E-state index contributed by atoms with van der Waals surface area (Å²) in [5.74, 6) is -0.810. The lowest BCUT2D eigenvalue weighted by Gasteiger charge is -2.07. The van der Waals surface area contributed by atoms with Crippen LogP contribution in [-0.4, -0.2) is 40.1 Å². The minimum Gasteiger partial charge on any atom is -0.396 e. The standard InChI is InChI=1S/C10H15F2N3O3S2/c1-3-20(17,18)8-6(13)7(9(16)14-2)19-10(8)15-4-5(11)12/h5,15H,3-4,13H2,1-2H3,(H,14,16). The SMILES string of the molecule is CCS(=O)(=O)c1c(NCC(F)F)sc(C(=O)NC)c1N. The summed E-state index contributed by atoms with van der Waals surface area (Å²) in [6, 6.07) is 0. The minimum atomic E-state index is -3.73. The molecule has 1 heterocycles. The first kappa shape index (κ1) is 16.6.